The number of nitrogens with zero attached hydrogens (tertiary/aromatic N) is 3. The molecule has 5 atom stereocenters. The van der Waals surface area contributed by atoms with Crippen LogP contribution in [0.1, 0.15) is 22.5 Å². The predicted octanol–water partition coefficient (Wildman–Crippen LogP) is 2.26. The Labute approximate surface area is 250 Å². The van der Waals surface area contributed by atoms with E-state index in [4.69, 9.17) is 19.4 Å². The summed E-state index contributed by atoms with van der Waals surface area (Å²) < 4.78 is 13.2. The van der Waals surface area contributed by atoms with Crippen molar-refractivity contribution in [1.82, 2.24) is 14.4 Å². The molecular weight excluding hydrogens is 570 g/mol. The van der Waals surface area contributed by atoms with E-state index in [0.29, 0.717) is 34.7 Å². The van der Waals surface area contributed by atoms with Gasteiger partial charge in [0.2, 0.25) is 12.2 Å². The highest BCUT2D eigenvalue weighted by Crippen LogP contribution is 2.33. The second-order valence-corrected chi connectivity index (χ2v) is 10.5. The van der Waals surface area contributed by atoms with Gasteiger partial charge in [-0.1, -0.05) is 42.5 Å². The molecule has 1 aliphatic heterocycles. The SMILES string of the molecule is O=C(O)C1OC(Oc2c(Cc3ccc(O)cc3)nc3c(Cc4ccccc4)nc(-c4ccc(O)cc4)cn23)C(O)C(O)C1O. The molecular formula is C32H29N3O9. The summed E-state index contributed by atoms with van der Waals surface area (Å²) in [4.78, 5) is 21.5. The molecule has 6 N–H and O–H groups in total. The van der Waals surface area contributed by atoms with Crippen LogP contribution in [0.2, 0.25) is 0 Å². The molecule has 0 radical (unpaired) electrons. The molecule has 5 aromatic rings. The van der Waals surface area contributed by atoms with E-state index in [1.807, 2.05) is 30.3 Å². The number of benzene rings is 3. The minimum Gasteiger partial charge on any atom is -0.508 e. The third-order valence-electron chi connectivity index (χ3n) is 7.43. The van der Waals surface area contributed by atoms with Crippen LogP contribution in [0.15, 0.2) is 85.1 Å². The van der Waals surface area contributed by atoms with E-state index in [1.165, 1.54) is 24.3 Å². The number of carbonyl (C=O) groups is 1. The Morgan fingerprint density at radius 3 is 2.05 bits per heavy atom. The van der Waals surface area contributed by atoms with Crippen molar-refractivity contribution >= 4 is 11.6 Å². The van der Waals surface area contributed by atoms with Crippen molar-refractivity contribution in [2.24, 2.45) is 0 Å². The van der Waals surface area contributed by atoms with Gasteiger partial charge in [-0.05, 0) is 47.5 Å². The summed E-state index contributed by atoms with van der Waals surface area (Å²) in [5, 5.41) is 60.6. The Kier molecular flexibility index (Phi) is 7.89. The number of phenolic OH excluding ortho intramolecular Hbond substituents is 2. The lowest BCUT2D eigenvalue weighted by Crippen LogP contribution is -2.61. The first-order chi connectivity index (χ1) is 21.2. The van der Waals surface area contributed by atoms with Crippen molar-refractivity contribution in [3.63, 3.8) is 0 Å². The van der Waals surface area contributed by atoms with Crippen LogP contribution in [0.25, 0.3) is 16.9 Å². The van der Waals surface area contributed by atoms with Gasteiger partial charge in [0.1, 0.15) is 35.5 Å². The normalized spacial score (nSPS) is 21.8. The molecule has 0 saturated carbocycles. The molecule has 12 heteroatoms. The van der Waals surface area contributed by atoms with E-state index >= 15 is 0 Å². The molecule has 0 spiro atoms. The topological polar surface area (TPSA) is 187 Å². The number of aliphatic hydroxyl groups is 3. The van der Waals surface area contributed by atoms with E-state index in [2.05, 4.69) is 0 Å². The number of imidazole rings is 1. The first-order valence-electron chi connectivity index (χ1n) is 13.8. The number of aromatic nitrogens is 3. The molecule has 2 aromatic heterocycles. The average molecular weight is 600 g/mol. The number of phenols is 2. The second-order valence-electron chi connectivity index (χ2n) is 10.5. The fourth-order valence-corrected chi connectivity index (χ4v) is 5.12. The number of carboxylic acid groups (broad SMARTS) is 1. The number of aliphatic carboxylic acids is 1. The van der Waals surface area contributed by atoms with Crippen molar-refractivity contribution in [3.05, 3.63) is 108 Å². The van der Waals surface area contributed by atoms with Gasteiger partial charge < -0.3 is 40.1 Å². The smallest absolute Gasteiger partial charge is 0.335 e. The molecule has 3 aromatic carbocycles. The molecule has 3 heterocycles. The van der Waals surface area contributed by atoms with Gasteiger partial charge in [-0.3, -0.25) is 4.40 Å². The summed E-state index contributed by atoms with van der Waals surface area (Å²) in [5.41, 5.74) is 4.27. The molecule has 6 rings (SSSR count). The van der Waals surface area contributed by atoms with Crippen molar-refractivity contribution in [2.45, 2.75) is 43.5 Å². The summed E-state index contributed by atoms with van der Waals surface area (Å²) in [6.07, 6.45) is -6.84. The number of hydrogen-bond acceptors (Lipinski definition) is 10. The van der Waals surface area contributed by atoms with Gasteiger partial charge in [0.15, 0.2) is 11.8 Å². The lowest BCUT2D eigenvalue weighted by molar-refractivity contribution is -0.272. The number of ether oxygens (including phenoxy) is 2. The van der Waals surface area contributed by atoms with E-state index < -0.39 is 36.7 Å². The van der Waals surface area contributed by atoms with Crippen LogP contribution in [0, 0.1) is 0 Å². The summed E-state index contributed by atoms with van der Waals surface area (Å²) in [5.74, 6) is -1.29. The zero-order valence-corrected chi connectivity index (χ0v) is 23.1. The first-order valence-corrected chi connectivity index (χ1v) is 13.8. The number of rotatable bonds is 8. The lowest BCUT2D eigenvalue weighted by atomic mass is 9.99. The fraction of sp³-hybridized carbons (Fsp3) is 0.219. The van der Waals surface area contributed by atoms with Gasteiger partial charge in [-0.25, -0.2) is 14.8 Å². The number of hydrogen-bond donors (Lipinski definition) is 6. The van der Waals surface area contributed by atoms with Crippen LogP contribution >= 0.6 is 0 Å². The fourth-order valence-electron chi connectivity index (χ4n) is 5.12. The van der Waals surface area contributed by atoms with Gasteiger partial charge in [-0.2, -0.15) is 0 Å². The molecule has 44 heavy (non-hydrogen) atoms. The zero-order valence-electron chi connectivity index (χ0n) is 23.1. The largest absolute Gasteiger partial charge is 0.508 e. The number of fused-ring (bicyclic) bond motifs is 1. The highest BCUT2D eigenvalue weighted by atomic mass is 16.7. The van der Waals surface area contributed by atoms with Gasteiger partial charge in [-0.15, -0.1) is 0 Å². The van der Waals surface area contributed by atoms with Gasteiger partial charge in [0.25, 0.3) is 0 Å². The first kappa shape index (κ1) is 29.1. The molecule has 0 amide bonds. The Bertz CT molecular complexity index is 1780. The van der Waals surface area contributed by atoms with Gasteiger partial charge in [0.05, 0.1) is 11.4 Å². The van der Waals surface area contributed by atoms with Crippen LogP contribution in [0.3, 0.4) is 0 Å². The van der Waals surface area contributed by atoms with E-state index in [9.17, 15) is 35.4 Å². The summed E-state index contributed by atoms with van der Waals surface area (Å²) in [7, 11) is 0. The molecule has 226 valence electrons. The Morgan fingerprint density at radius 1 is 0.773 bits per heavy atom. The van der Waals surface area contributed by atoms with Crippen molar-refractivity contribution in [2.75, 3.05) is 0 Å². The molecule has 1 fully saturated rings. The Morgan fingerprint density at radius 2 is 1.39 bits per heavy atom. The number of aromatic hydroxyl groups is 2. The summed E-state index contributed by atoms with van der Waals surface area (Å²) in [6.45, 7) is 0. The monoisotopic (exact) mass is 599 g/mol. The Balaban J connectivity index is 1.52. The predicted molar refractivity (Wildman–Crippen MR) is 155 cm³/mol. The van der Waals surface area contributed by atoms with Crippen LogP contribution in [-0.4, -0.2) is 81.7 Å². The highest BCUT2D eigenvalue weighted by Gasteiger charge is 2.48. The van der Waals surface area contributed by atoms with Crippen LogP contribution in [-0.2, 0) is 22.4 Å². The van der Waals surface area contributed by atoms with Gasteiger partial charge >= 0.3 is 5.97 Å². The second kappa shape index (κ2) is 11.9. The lowest BCUT2D eigenvalue weighted by Gasteiger charge is -2.38. The van der Waals surface area contributed by atoms with E-state index in [1.54, 1.807) is 34.9 Å². The quantitative estimate of drug-likeness (QED) is 0.154. The minimum atomic E-state index is -1.89. The molecule has 0 bridgehead atoms. The standard InChI is InChI=1S/C32H29N3O9/c36-20-10-6-18(7-11-20)15-23-30(44-32-27(40)25(38)26(39)28(43-32)31(41)42)35-16-24(19-8-12-21(37)13-9-19)33-22(29(35)34-23)14-17-4-2-1-3-5-17/h1-13,16,25-28,32,36-40H,14-15H2,(H,41,42). The minimum absolute atomic E-state index is 0.0825. The molecule has 1 saturated heterocycles. The number of carboxylic acids is 1. The van der Waals surface area contributed by atoms with Crippen LogP contribution in [0.4, 0.5) is 0 Å². The van der Waals surface area contributed by atoms with Crippen molar-refractivity contribution in [1.29, 1.82) is 0 Å². The van der Waals surface area contributed by atoms with E-state index in [0.717, 1.165) is 11.1 Å². The third kappa shape index (κ3) is 5.79. The Hall–Kier alpha value is -5.01. The maximum atomic E-state index is 11.8. The number of aliphatic hydroxyl groups excluding tert-OH is 3. The molecule has 12 nitrogen and oxygen atoms in total. The molecule has 1 aliphatic rings. The third-order valence-corrected chi connectivity index (χ3v) is 7.43. The van der Waals surface area contributed by atoms with Crippen molar-refractivity contribution in [3.8, 4) is 28.6 Å². The average Bonchev–Trinajstić information content (AvgIpc) is 3.36. The molecule has 0 aliphatic carbocycles. The van der Waals surface area contributed by atoms with Gasteiger partial charge in [0, 0.05) is 24.6 Å². The van der Waals surface area contributed by atoms with E-state index in [-0.39, 0.29) is 23.8 Å². The van der Waals surface area contributed by atoms with Crippen LogP contribution < -0.4 is 4.74 Å². The maximum Gasteiger partial charge on any atom is 0.335 e. The highest BCUT2D eigenvalue weighted by molar-refractivity contribution is 5.73. The molecule has 5 unspecified atom stereocenters. The van der Waals surface area contributed by atoms with Crippen LogP contribution in [0.5, 0.6) is 17.4 Å². The summed E-state index contributed by atoms with van der Waals surface area (Å²) in [6, 6.07) is 22.6. The van der Waals surface area contributed by atoms with Crippen molar-refractivity contribution < 1.29 is 44.9 Å². The maximum absolute atomic E-state index is 11.8. The zero-order chi connectivity index (χ0) is 31.0. The summed E-state index contributed by atoms with van der Waals surface area (Å²) >= 11 is 0.